The Bertz CT molecular complexity index is 502. The van der Waals surface area contributed by atoms with Crippen LogP contribution in [0.5, 0.6) is 0 Å². The van der Waals surface area contributed by atoms with Crippen LogP contribution in [-0.4, -0.2) is 23.2 Å². The number of rotatable bonds is 4. The molecule has 0 heterocycles. The summed E-state index contributed by atoms with van der Waals surface area (Å²) < 4.78 is 0. The molecule has 1 aromatic carbocycles. The van der Waals surface area contributed by atoms with Gasteiger partial charge in [0.2, 0.25) is 5.91 Å². The van der Waals surface area contributed by atoms with E-state index in [4.69, 9.17) is 23.2 Å². The van der Waals surface area contributed by atoms with Crippen LogP contribution in [0.3, 0.4) is 0 Å². The number of nitrogens with one attached hydrogen (secondary N) is 1. The van der Waals surface area contributed by atoms with Gasteiger partial charge in [0.05, 0.1) is 5.60 Å². The van der Waals surface area contributed by atoms with E-state index in [1.807, 2.05) is 0 Å². The molecule has 0 spiro atoms. The molecule has 0 saturated heterocycles. The Morgan fingerprint density at radius 1 is 1.25 bits per heavy atom. The Morgan fingerprint density at radius 3 is 2.45 bits per heavy atom. The summed E-state index contributed by atoms with van der Waals surface area (Å²) >= 11 is 11.8. The van der Waals surface area contributed by atoms with Crippen LogP contribution in [0, 0.1) is 0 Å². The molecule has 0 aliphatic heterocycles. The van der Waals surface area contributed by atoms with Crippen molar-refractivity contribution in [1.29, 1.82) is 0 Å². The van der Waals surface area contributed by atoms with Crippen LogP contribution in [0.15, 0.2) is 24.3 Å². The average Bonchev–Trinajstić information content (AvgIpc) is 2.80. The van der Waals surface area contributed by atoms with E-state index in [1.54, 1.807) is 24.3 Å². The van der Waals surface area contributed by atoms with E-state index in [2.05, 4.69) is 5.32 Å². The number of amides is 1. The summed E-state index contributed by atoms with van der Waals surface area (Å²) in [4.78, 5) is 11.7. The van der Waals surface area contributed by atoms with Crippen molar-refractivity contribution in [3.05, 3.63) is 39.9 Å². The zero-order valence-electron chi connectivity index (χ0n) is 11.0. The molecule has 1 aliphatic carbocycles. The molecule has 5 heteroatoms. The average molecular weight is 314 g/mol. The predicted molar refractivity (Wildman–Crippen MR) is 81.9 cm³/mol. The van der Waals surface area contributed by atoms with Crippen molar-refractivity contribution in [1.82, 2.24) is 5.32 Å². The van der Waals surface area contributed by atoms with Crippen molar-refractivity contribution in [2.45, 2.75) is 31.3 Å². The first-order valence-electron chi connectivity index (χ1n) is 6.61. The molecule has 1 fully saturated rings. The van der Waals surface area contributed by atoms with Gasteiger partial charge in [0.25, 0.3) is 0 Å². The van der Waals surface area contributed by atoms with Crippen LogP contribution in [0.1, 0.15) is 31.2 Å². The highest BCUT2D eigenvalue weighted by atomic mass is 35.5. The normalized spacial score (nSPS) is 17.6. The van der Waals surface area contributed by atoms with Gasteiger partial charge in [-0.3, -0.25) is 4.79 Å². The highest BCUT2D eigenvalue weighted by Gasteiger charge is 2.30. The molecule has 20 heavy (non-hydrogen) atoms. The van der Waals surface area contributed by atoms with Crippen molar-refractivity contribution in [3.63, 3.8) is 0 Å². The van der Waals surface area contributed by atoms with E-state index in [-0.39, 0.29) is 5.91 Å². The summed E-state index contributed by atoms with van der Waals surface area (Å²) in [6.45, 7) is 0.298. The quantitative estimate of drug-likeness (QED) is 0.837. The highest BCUT2D eigenvalue weighted by Crippen LogP contribution is 2.28. The second kappa shape index (κ2) is 6.61. The number of hydrogen-bond acceptors (Lipinski definition) is 2. The summed E-state index contributed by atoms with van der Waals surface area (Å²) in [7, 11) is 0. The van der Waals surface area contributed by atoms with Crippen LogP contribution in [0.4, 0.5) is 0 Å². The highest BCUT2D eigenvalue weighted by molar-refractivity contribution is 6.34. The van der Waals surface area contributed by atoms with E-state index < -0.39 is 5.60 Å². The molecule has 0 atom stereocenters. The molecular formula is C15H17Cl2NO2. The molecule has 0 unspecified atom stereocenters. The van der Waals surface area contributed by atoms with Crippen LogP contribution in [0.25, 0.3) is 6.08 Å². The summed E-state index contributed by atoms with van der Waals surface area (Å²) in [6.07, 6.45) is 6.60. The van der Waals surface area contributed by atoms with Crippen LogP contribution in [0.2, 0.25) is 10.0 Å². The zero-order valence-corrected chi connectivity index (χ0v) is 12.5. The Labute approximate surface area is 128 Å². The molecule has 1 aromatic rings. The summed E-state index contributed by atoms with van der Waals surface area (Å²) in [6, 6.07) is 5.08. The van der Waals surface area contributed by atoms with Crippen molar-refractivity contribution >= 4 is 35.2 Å². The molecule has 2 N–H and O–H groups in total. The third-order valence-electron chi connectivity index (χ3n) is 3.44. The fourth-order valence-electron chi connectivity index (χ4n) is 2.36. The van der Waals surface area contributed by atoms with E-state index in [0.717, 1.165) is 31.2 Å². The molecule has 3 nitrogen and oxygen atoms in total. The smallest absolute Gasteiger partial charge is 0.244 e. The minimum Gasteiger partial charge on any atom is -0.388 e. The number of halogens is 2. The van der Waals surface area contributed by atoms with Crippen molar-refractivity contribution in [2.75, 3.05) is 6.54 Å². The van der Waals surface area contributed by atoms with E-state index in [1.165, 1.54) is 6.08 Å². The van der Waals surface area contributed by atoms with Gasteiger partial charge >= 0.3 is 0 Å². The van der Waals surface area contributed by atoms with Gasteiger partial charge in [0.15, 0.2) is 0 Å². The third kappa shape index (κ3) is 4.51. The number of aliphatic hydroxyl groups is 1. The Morgan fingerprint density at radius 2 is 1.85 bits per heavy atom. The largest absolute Gasteiger partial charge is 0.388 e. The molecule has 0 aromatic heterocycles. The molecule has 0 radical (unpaired) electrons. The second-order valence-electron chi connectivity index (χ2n) is 5.19. The first-order valence-corrected chi connectivity index (χ1v) is 7.37. The van der Waals surface area contributed by atoms with Crippen LogP contribution in [-0.2, 0) is 4.79 Å². The molecule has 0 bridgehead atoms. The Hall–Kier alpha value is -1.03. The lowest BCUT2D eigenvalue weighted by atomic mass is 10.0. The summed E-state index contributed by atoms with van der Waals surface area (Å²) in [5.41, 5.74) is 0.0281. The van der Waals surface area contributed by atoms with Gasteiger partial charge in [0.1, 0.15) is 0 Å². The van der Waals surface area contributed by atoms with Gasteiger partial charge in [-0.2, -0.15) is 0 Å². The van der Waals surface area contributed by atoms with E-state index >= 15 is 0 Å². The lowest BCUT2D eigenvalue weighted by molar-refractivity contribution is -0.117. The van der Waals surface area contributed by atoms with Gasteiger partial charge in [-0.25, -0.2) is 0 Å². The minimum absolute atomic E-state index is 0.235. The topological polar surface area (TPSA) is 49.3 Å². The monoisotopic (exact) mass is 313 g/mol. The van der Waals surface area contributed by atoms with E-state index in [9.17, 15) is 9.90 Å². The summed E-state index contributed by atoms with van der Waals surface area (Å²) in [5.74, 6) is -0.235. The maximum absolute atomic E-state index is 11.7. The molecule has 2 rings (SSSR count). The molecular weight excluding hydrogens is 297 g/mol. The maximum Gasteiger partial charge on any atom is 0.244 e. The minimum atomic E-state index is -0.733. The van der Waals surface area contributed by atoms with Crippen molar-refractivity contribution in [3.8, 4) is 0 Å². The standard InChI is InChI=1S/C15H17Cl2NO2/c16-12-7-11(8-13(17)9-12)3-4-14(19)18-10-15(20)5-1-2-6-15/h3-4,7-9,20H,1-2,5-6,10H2,(H,18,19). The SMILES string of the molecule is O=C(C=Cc1cc(Cl)cc(Cl)c1)NCC1(O)CCCC1. The van der Waals surface area contributed by atoms with Crippen LogP contribution >= 0.6 is 23.2 Å². The number of carbonyl (C=O) groups is 1. The molecule has 1 amide bonds. The number of hydrogen-bond donors (Lipinski definition) is 2. The predicted octanol–water partition coefficient (Wildman–Crippen LogP) is 3.43. The first kappa shape index (κ1) is 15.4. The molecule has 1 saturated carbocycles. The Balaban J connectivity index is 1.89. The summed E-state index contributed by atoms with van der Waals surface area (Å²) in [5, 5.41) is 13.9. The van der Waals surface area contributed by atoms with Gasteiger partial charge in [-0.15, -0.1) is 0 Å². The fourth-order valence-corrected chi connectivity index (χ4v) is 2.91. The van der Waals surface area contributed by atoms with Gasteiger partial charge in [-0.05, 0) is 42.7 Å². The fraction of sp³-hybridized carbons (Fsp3) is 0.400. The van der Waals surface area contributed by atoms with Crippen LogP contribution < -0.4 is 5.32 Å². The number of carbonyl (C=O) groups excluding carboxylic acids is 1. The zero-order chi connectivity index (χ0) is 14.6. The Kier molecular flexibility index (Phi) is 5.08. The van der Waals surface area contributed by atoms with E-state index in [0.29, 0.717) is 16.6 Å². The maximum atomic E-state index is 11.7. The van der Waals surface area contributed by atoms with Crippen molar-refractivity contribution < 1.29 is 9.90 Å². The lowest BCUT2D eigenvalue weighted by Crippen LogP contribution is -2.40. The lowest BCUT2D eigenvalue weighted by Gasteiger charge is -2.21. The molecule has 1 aliphatic rings. The van der Waals surface area contributed by atoms with Gasteiger partial charge in [-0.1, -0.05) is 36.0 Å². The van der Waals surface area contributed by atoms with Gasteiger partial charge < -0.3 is 10.4 Å². The first-order chi connectivity index (χ1) is 9.47. The number of benzene rings is 1. The van der Waals surface area contributed by atoms with Crippen molar-refractivity contribution in [2.24, 2.45) is 0 Å². The third-order valence-corrected chi connectivity index (χ3v) is 3.87. The molecule has 108 valence electrons. The van der Waals surface area contributed by atoms with Gasteiger partial charge in [0, 0.05) is 22.7 Å². The second-order valence-corrected chi connectivity index (χ2v) is 6.06.